The minimum absolute atomic E-state index is 0.150. The fourth-order valence-electron chi connectivity index (χ4n) is 4.01. The number of fused-ring (bicyclic) bond motifs is 2. The average molecular weight is 515 g/mol. The first-order valence-corrected chi connectivity index (χ1v) is 13.9. The number of rotatable bonds is 5. The molecule has 6 rings (SSSR count). The summed E-state index contributed by atoms with van der Waals surface area (Å²) in [7, 11) is -7.35. The van der Waals surface area contributed by atoms with Crippen molar-refractivity contribution in [3.63, 3.8) is 0 Å². The van der Waals surface area contributed by atoms with Crippen LogP contribution >= 0.6 is 0 Å². The Morgan fingerprint density at radius 3 is 1.25 bits per heavy atom. The van der Waals surface area contributed by atoms with Crippen molar-refractivity contribution < 1.29 is 16.8 Å². The third-order valence-electron chi connectivity index (χ3n) is 5.86. The number of aromatic nitrogens is 4. The molecule has 0 aliphatic rings. The van der Waals surface area contributed by atoms with Crippen LogP contribution in [0.25, 0.3) is 33.7 Å². The first-order valence-electron chi connectivity index (χ1n) is 10.9. The van der Waals surface area contributed by atoms with Gasteiger partial charge in [0, 0.05) is 0 Å². The summed E-state index contributed by atoms with van der Waals surface area (Å²) in [5.41, 5.74) is 2.22. The lowest BCUT2D eigenvalue weighted by Crippen LogP contribution is -2.01. The van der Waals surface area contributed by atoms with Crippen LogP contribution < -0.4 is 0 Å². The summed E-state index contributed by atoms with van der Waals surface area (Å²) >= 11 is 0. The van der Waals surface area contributed by atoms with Gasteiger partial charge in [-0.25, -0.2) is 26.8 Å². The number of aromatic amines is 2. The highest BCUT2D eigenvalue weighted by Crippen LogP contribution is 2.28. The van der Waals surface area contributed by atoms with Crippen molar-refractivity contribution in [3.05, 3.63) is 97.1 Å². The van der Waals surface area contributed by atoms with E-state index in [4.69, 9.17) is 0 Å². The summed E-state index contributed by atoms with van der Waals surface area (Å²) in [5.74, 6) is 0.811. The molecule has 0 unspecified atom stereocenters. The monoisotopic (exact) mass is 514 g/mol. The number of nitrogens with zero attached hydrogens (tertiary/aromatic N) is 2. The van der Waals surface area contributed by atoms with Crippen molar-refractivity contribution >= 4 is 41.7 Å². The van der Waals surface area contributed by atoms with Gasteiger partial charge in [0.25, 0.3) is 0 Å². The van der Waals surface area contributed by atoms with E-state index in [9.17, 15) is 16.8 Å². The van der Waals surface area contributed by atoms with Crippen LogP contribution in [0.2, 0.25) is 0 Å². The molecular formula is C26H18N4O4S2. The molecule has 0 bridgehead atoms. The highest BCUT2D eigenvalue weighted by atomic mass is 32.2. The number of sulfone groups is 2. The van der Waals surface area contributed by atoms with Gasteiger partial charge >= 0.3 is 0 Å². The minimum Gasteiger partial charge on any atom is -0.335 e. The largest absolute Gasteiger partial charge is 0.335 e. The molecule has 0 aliphatic carbocycles. The van der Waals surface area contributed by atoms with Crippen LogP contribution in [0.4, 0.5) is 0 Å². The Labute approximate surface area is 206 Å². The van der Waals surface area contributed by atoms with Crippen molar-refractivity contribution in [2.24, 2.45) is 0 Å². The first-order chi connectivity index (χ1) is 17.3. The third-order valence-corrected chi connectivity index (χ3v) is 9.39. The van der Waals surface area contributed by atoms with Crippen LogP contribution in [-0.2, 0) is 19.7 Å². The molecule has 2 N–H and O–H groups in total. The summed E-state index contributed by atoms with van der Waals surface area (Å²) in [4.78, 5) is 16.0. The molecule has 0 saturated carbocycles. The summed E-state index contributed by atoms with van der Waals surface area (Å²) in [6.07, 6.45) is 0. The highest BCUT2D eigenvalue weighted by molar-refractivity contribution is 7.91. The quantitative estimate of drug-likeness (QED) is 0.341. The molecule has 6 aromatic rings. The van der Waals surface area contributed by atoms with E-state index in [2.05, 4.69) is 19.9 Å². The first kappa shape index (κ1) is 22.2. The van der Waals surface area contributed by atoms with E-state index in [0.717, 1.165) is 0 Å². The molecule has 0 fully saturated rings. The Morgan fingerprint density at radius 2 is 0.861 bits per heavy atom. The highest BCUT2D eigenvalue weighted by Gasteiger charge is 2.21. The topological polar surface area (TPSA) is 126 Å². The van der Waals surface area contributed by atoms with Gasteiger partial charge < -0.3 is 9.97 Å². The number of hydrogen-bond donors (Lipinski definition) is 2. The lowest BCUT2D eigenvalue weighted by atomic mass is 10.3. The molecule has 2 aromatic heterocycles. The maximum Gasteiger partial charge on any atom is 0.206 e. The van der Waals surface area contributed by atoms with Crippen molar-refractivity contribution in [2.75, 3.05) is 0 Å². The normalized spacial score (nSPS) is 12.3. The van der Waals surface area contributed by atoms with E-state index in [1.165, 1.54) is 12.1 Å². The van der Waals surface area contributed by atoms with E-state index < -0.39 is 19.7 Å². The Bertz CT molecular complexity index is 1820. The number of hydrogen-bond acceptors (Lipinski definition) is 6. The molecule has 4 aromatic carbocycles. The zero-order valence-electron chi connectivity index (χ0n) is 18.6. The van der Waals surface area contributed by atoms with Crippen LogP contribution in [0.15, 0.2) is 117 Å². The van der Waals surface area contributed by atoms with Gasteiger partial charge in [0.1, 0.15) is 0 Å². The van der Waals surface area contributed by atoms with Crippen LogP contribution in [-0.4, -0.2) is 36.8 Å². The molecule has 2 heterocycles. The fourth-order valence-corrected chi connectivity index (χ4v) is 6.62. The van der Waals surface area contributed by atoms with Crippen molar-refractivity contribution in [1.82, 2.24) is 19.9 Å². The SMILES string of the molecule is O=S(=O)(c1ccccc1)c1ccc2nc(-c3nc4ccc(S(=O)(=O)c5ccccc5)cc4[nH]3)[nH]c2c1. The van der Waals surface area contributed by atoms with E-state index in [1.54, 1.807) is 84.9 Å². The maximum atomic E-state index is 13.0. The Morgan fingerprint density at radius 1 is 0.472 bits per heavy atom. The van der Waals surface area contributed by atoms with Gasteiger partial charge in [-0.2, -0.15) is 0 Å². The average Bonchev–Trinajstić information content (AvgIpc) is 3.53. The van der Waals surface area contributed by atoms with Gasteiger partial charge in [-0.3, -0.25) is 0 Å². The van der Waals surface area contributed by atoms with Gasteiger partial charge in [0.05, 0.1) is 41.6 Å². The summed E-state index contributed by atoms with van der Waals surface area (Å²) < 4.78 is 51.9. The lowest BCUT2D eigenvalue weighted by molar-refractivity contribution is 0.594. The summed E-state index contributed by atoms with van der Waals surface area (Å²) in [5, 5.41) is 0. The van der Waals surface area contributed by atoms with Gasteiger partial charge in [-0.05, 0) is 60.7 Å². The molecule has 0 radical (unpaired) electrons. The second-order valence-electron chi connectivity index (χ2n) is 8.16. The molecule has 0 amide bonds. The lowest BCUT2D eigenvalue weighted by Gasteiger charge is -2.04. The van der Waals surface area contributed by atoms with Crippen molar-refractivity contribution in [1.29, 1.82) is 0 Å². The van der Waals surface area contributed by atoms with Crippen LogP contribution in [0.1, 0.15) is 0 Å². The molecule has 10 heteroatoms. The van der Waals surface area contributed by atoms with Crippen molar-refractivity contribution in [3.8, 4) is 11.6 Å². The number of nitrogens with one attached hydrogen (secondary N) is 2. The standard InChI is InChI=1S/C26H18N4O4S2/c31-35(32,17-7-3-1-4-8-17)19-11-13-21-23(15-19)29-25(27-21)26-28-22-14-12-20(16-24(22)30-26)36(33,34)18-9-5-2-6-10-18/h1-16H,(H,27,29)(H,28,30). The molecule has 178 valence electrons. The van der Waals surface area contributed by atoms with Gasteiger partial charge in [-0.1, -0.05) is 36.4 Å². The van der Waals surface area contributed by atoms with Crippen LogP contribution in [0.3, 0.4) is 0 Å². The van der Waals surface area contributed by atoms with E-state index in [-0.39, 0.29) is 19.6 Å². The van der Waals surface area contributed by atoms with E-state index in [0.29, 0.717) is 33.7 Å². The van der Waals surface area contributed by atoms with Crippen molar-refractivity contribution in [2.45, 2.75) is 19.6 Å². The van der Waals surface area contributed by atoms with Gasteiger partial charge in [0.2, 0.25) is 19.7 Å². The third kappa shape index (κ3) is 3.67. The molecule has 0 atom stereocenters. The van der Waals surface area contributed by atoms with Crippen LogP contribution in [0, 0.1) is 0 Å². The minimum atomic E-state index is -3.68. The molecule has 36 heavy (non-hydrogen) atoms. The number of imidazole rings is 2. The molecule has 0 aliphatic heterocycles. The molecular weight excluding hydrogens is 496 g/mol. The maximum absolute atomic E-state index is 13.0. The predicted molar refractivity (Wildman–Crippen MR) is 135 cm³/mol. The second kappa shape index (κ2) is 8.14. The Kier molecular flexibility index (Phi) is 5.02. The van der Waals surface area contributed by atoms with Crippen LogP contribution in [0.5, 0.6) is 0 Å². The van der Waals surface area contributed by atoms with Gasteiger partial charge in [0.15, 0.2) is 11.6 Å². The molecule has 0 saturated heterocycles. The molecule has 8 nitrogen and oxygen atoms in total. The fraction of sp³-hybridized carbons (Fsp3) is 0. The van der Waals surface area contributed by atoms with E-state index >= 15 is 0 Å². The zero-order valence-corrected chi connectivity index (χ0v) is 20.2. The van der Waals surface area contributed by atoms with E-state index in [1.807, 2.05) is 0 Å². The smallest absolute Gasteiger partial charge is 0.206 e. The number of benzene rings is 4. The summed E-state index contributed by atoms with van der Waals surface area (Å²) in [6, 6.07) is 25.9. The predicted octanol–water partition coefficient (Wildman–Crippen LogP) is 4.77. The Balaban J connectivity index is 1.38. The van der Waals surface area contributed by atoms with Gasteiger partial charge in [-0.15, -0.1) is 0 Å². The zero-order chi connectivity index (χ0) is 24.9. The summed E-state index contributed by atoms with van der Waals surface area (Å²) in [6.45, 7) is 0. The Hall–Kier alpha value is -4.28. The number of H-pyrrole nitrogens is 2. The second-order valence-corrected chi connectivity index (χ2v) is 12.1. The molecule has 0 spiro atoms.